The largest absolute Gasteiger partial charge is 0.425 e. The molecule has 5 nitrogen and oxygen atoms in total. The Bertz CT molecular complexity index is 1660. The topological polar surface area (TPSA) is 63.7 Å². The molecule has 6 heteroatoms. The summed E-state index contributed by atoms with van der Waals surface area (Å²) in [6, 6.07) is 28.0. The molecule has 2 aliphatic heterocycles. The molecule has 0 saturated carbocycles. The van der Waals surface area contributed by atoms with Crippen molar-refractivity contribution in [1.29, 1.82) is 0 Å². The zero-order valence-electron chi connectivity index (χ0n) is 19.5. The highest BCUT2D eigenvalue weighted by Crippen LogP contribution is 2.55. The molecule has 4 atom stereocenters. The van der Waals surface area contributed by atoms with Crippen molar-refractivity contribution in [3.05, 3.63) is 113 Å². The van der Waals surface area contributed by atoms with Gasteiger partial charge in [0.15, 0.2) is 0 Å². The van der Waals surface area contributed by atoms with E-state index in [1.54, 1.807) is 24.3 Å². The third-order valence-electron chi connectivity index (χ3n) is 7.74. The lowest BCUT2D eigenvalue weighted by Crippen LogP contribution is -2.42. The van der Waals surface area contributed by atoms with Gasteiger partial charge in [0.25, 0.3) is 0 Å². The van der Waals surface area contributed by atoms with Crippen LogP contribution in [0.2, 0.25) is 5.02 Å². The normalized spacial score (nSPS) is 24.3. The van der Waals surface area contributed by atoms with Crippen molar-refractivity contribution < 1.29 is 19.1 Å². The van der Waals surface area contributed by atoms with Crippen LogP contribution in [0.1, 0.15) is 17.0 Å². The van der Waals surface area contributed by atoms with Gasteiger partial charge in [0, 0.05) is 21.9 Å². The van der Waals surface area contributed by atoms with Crippen LogP contribution in [0.3, 0.4) is 0 Å². The average molecular weight is 506 g/mol. The van der Waals surface area contributed by atoms with Crippen LogP contribution < -0.4 is 9.64 Å². The highest BCUT2D eigenvalue weighted by molar-refractivity contribution is 6.31. The van der Waals surface area contributed by atoms with Crippen LogP contribution in [0.25, 0.3) is 16.3 Å². The SMILES string of the molecule is O=C1Oc2c(ccc3ccccc23)C2=C[C@H](c3ccccc3)[C@@H]3C(=O)N(c4cccc(Cl)c4)C(=O)[C@H]3[C@H]12. The number of allylic oxidation sites excluding steroid dienone is 1. The van der Waals surface area contributed by atoms with E-state index in [-0.39, 0.29) is 11.8 Å². The van der Waals surface area contributed by atoms with Gasteiger partial charge >= 0.3 is 5.97 Å². The average Bonchev–Trinajstić information content (AvgIpc) is 3.18. The van der Waals surface area contributed by atoms with Crippen molar-refractivity contribution in [2.45, 2.75) is 5.92 Å². The molecule has 1 fully saturated rings. The molecule has 2 amide bonds. The van der Waals surface area contributed by atoms with E-state index in [0.29, 0.717) is 16.5 Å². The second-order valence-electron chi connectivity index (χ2n) is 9.66. The van der Waals surface area contributed by atoms with Gasteiger partial charge in [-0.3, -0.25) is 14.4 Å². The highest BCUT2D eigenvalue weighted by atomic mass is 35.5. The monoisotopic (exact) mass is 505 g/mol. The molecule has 4 aromatic rings. The summed E-state index contributed by atoms with van der Waals surface area (Å²) in [5, 5.41) is 2.21. The number of fused-ring (bicyclic) bond motifs is 7. The van der Waals surface area contributed by atoms with Crippen LogP contribution in [0.5, 0.6) is 5.75 Å². The van der Waals surface area contributed by atoms with E-state index >= 15 is 0 Å². The number of esters is 1. The molecule has 0 bridgehead atoms. The summed E-state index contributed by atoms with van der Waals surface area (Å²) in [6.07, 6.45) is 2.00. The predicted molar refractivity (Wildman–Crippen MR) is 141 cm³/mol. The molecular formula is C31H20ClNO4. The van der Waals surface area contributed by atoms with E-state index in [2.05, 4.69) is 0 Å². The number of hydrogen-bond donors (Lipinski definition) is 0. The lowest BCUT2D eigenvalue weighted by molar-refractivity contribution is -0.142. The number of carbonyl (C=O) groups is 3. The highest BCUT2D eigenvalue weighted by Gasteiger charge is 2.60. The third-order valence-corrected chi connectivity index (χ3v) is 7.97. The molecule has 1 saturated heterocycles. The summed E-state index contributed by atoms with van der Waals surface area (Å²) in [5.41, 5.74) is 2.84. The Morgan fingerprint density at radius 1 is 0.757 bits per heavy atom. The van der Waals surface area contributed by atoms with Gasteiger partial charge in [0.05, 0.1) is 23.4 Å². The molecule has 7 rings (SSSR count). The van der Waals surface area contributed by atoms with Gasteiger partial charge in [0.1, 0.15) is 5.75 Å². The fourth-order valence-electron chi connectivity index (χ4n) is 6.16. The van der Waals surface area contributed by atoms with Crippen LogP contribution in [0.15, 0.2) is 97.1 Å². The number of anilines is 1. The van der Waals surface area contributed by atoms with Crippen molar-refractivity contribution in [2.75, 3.05) is 4.90 Å². The fraction of sp³-hybridized carbons (Fsp3) is 0.129. The third kappa shape index (κ3) is 3.20. The van der Waals surface area contributed by atoms with E-state index < -0.39 is 29.6 Å². The molecule has 0 radical (unpaired) electrons. The van der Waals surface area contributed by atoms with Crippen molar-refractivity contribution in [1.82, 2.24) is 0 Å². The van der Waals surface area contributed by atoms with Crippen LogP contribution in [0.4, 0.5) is 5.69 Å². The fourth-order valence-corrected chi connectivity index (χ4v) is 6.34. The predicted octanol–water partition coefficient (Wildman–Crippen LogP) is 6.02. The number of benzene rings is 4. The molecule has 3 aliphatic rings. The number of carbonyl (C=O) groups excluding carboxylic acids is 3. The minimum absolute atomic E-state index is 0.335. The molecule has 37 heavy (non-hydrogen) atoms. The summed E-state index contributed by atoms with van der Waals surface area (Å²) in [4.78, 5) is 42.7. The summed E-state index contributed by atoms with van der Waals surface area (Å²) < 4.78 is 5.92. The maximum absolute atomic E-state index is 14.0. The Hall–Kier alpha value is -4.22. The number of rotatable bonds is 2. The standard InChI is InChI=1S/C31H20ClNO4/c32-19-10-6-11-20(15-19)33-29(34)25-23(17-7-2-1-3-8-17)16-24-22-14-13-18-9-4-5-12-21(18)28(22)37-31(36)26(24)27(25)30(33)35/h1-16,23,25-27H/t23-,25+,26-,27-/m1/s1. The van der Waals surface area contributed by atoms with Gasteiger partial charge in [-0.15, -0.1) is 0 Å². The number of nitrogens with zero attached hydrogens (tertiary/aromatic N) is 1. The Balaban J connectivity index is 1.45. The van der Waals surface area contributed by atoms with Gasteiger partial charge in [0.2, 0.25) is 11.8 Å². The van der Waals surface area contributed by atoms with Crippen LogP contribution in [-0.4, -0.2) is 17.8 Å². The number of imide groups is 1. The van der Waals surface area contributed by atoms with E-state index in [1.807, 2.05) is 72.8 Å². The van der Waals surface area contributed by atoms with Gasteiger partial charge in [-0.05, 0) is 34.7 Å². The first-order valence-corrected chi connectivity index (χ1v) is 12.5. The lowest BCUT2D eigenvalue weighted by atomic mass is 9.64. The van der Waals surface area contributed by atoms with Gasteiger partial charge in [-0.25, -0.2) is 4.90 Å². The van der Waals surface area contributed by atoms with Crippen LogP contribution in [0, 0.1) is 17.8 Å². The zero-order valence-corrected chi connectivity index (χ0v) is 20.3. The molecule has 4 aromatic carbocycles. The Labute approximate surface area is 217 Å². The van der Waals surface area contributed by atoms with Crippen LogP contribution in [-0.2, 0) is 14.4 Å². The molecule has 1 aliphatic carbocycles. The maximum Gasteiger partial charge on any atom is 0.319 e. The smallest absolute Gasteiger partial charge is 0.319 e. The van der Waals surface area contributed by atoms with E-state index in [4.69, 9.17) is 16.3 Å². The quantitative estimate of drug-likeness (QED) is 0.190. The van der Waals surface area contributed by atoms with Gasteiger partial charge in [-0.2, -0.15) is 0 Å². The lowest BCUT2D eigenvalue weighted by Gasteiger charge is -2.38. The van der Waals surface area contributed by atoms with Crippen molar-refractivity contribution in [2.24, 2.45) is 17.8 Å². The molecule has 0 N–H and O–H groups in total. The Kier molecular flexibility index (Phi) is 4.85. The summed E-state index contributed by atoms with van der Waals surface area (Å²) >= 11 is 6.20. The minimum atomic E-state index is -0.885. The number of amides is 2. The van der Waals surface area contributed by atoms with E-state index in [1.165, 1.54) is 4.90 Å². The molecule has 180 valence electrons. The Morgan fingerprint density at radius 2 is 1.51 bits per heavy atom. The number of hydrogen-bond acceptors (Lipinski definition) is 4. The van der Waals surface area contributed by atoms with Crippen molar-refractivity contribution in [3.8, 4) is 5.75 Å². The minimum Gasteiger partial charge on any atom is -0.425 e. The van der Waals surface area contributed by atoms with Crippen molar-refractivity contribution in [3.63, 3.8) is 0 Å². The maximum atomic E-state index is 14.0. The second kappa shape index (κ2) is 8.15. The first-order chi connectivity index (χ1) is 18.0. The Morgan fingerprint density at radius 3 is 2.32 bits per heavy atom. The van der Waals surface area contributed by atoms with E-state index in [0.717, 1.165) is 27.5 Å². The molecule has 0 aromatic heterocycles. The zero-order chi connectivity index (χ0) is 25.3. The summed E-state index contributed by atoms with van der Waals surface area (Å²) in [7, 11) is 0. The first kappa shape index (κ1) is 22.0. The second-order valence-corrected chi connectivity index (χ2v) is 10.1. The van der Waals surface area contributed by atoms with Gasteiger partial charge in [-0.1, -0.05) is 90.5 Å². The molecular weight excluding hydrogens is 486 g/mol. The summed E-state index contributed by atoms with van der Waals surface area (Å²) in [5.74, 6) is -3.64. The summed E-state index contributed by atoms with van der Waals surface area (Å²) in [6.45, 7) is 0. The van der Waals surface area contributed by atoms with Crippen molar-refractivity contribution >= 4 is 51.4 Å². The molecule has 0 spiro atoms. The molecule has 0 unspecified atom stereocenters. The van der Waals surface area contributed by atoms with E-state index in [9.17, 15) is 14.4 Å². The van der Waals surface area contributed by atoms with Crippen LogP contribution >= 0.6 is 11.6 Å². The number of ether oxygens (including phenoxy) is 1. The molecule has 2 heterocycles. The first-order valence-electron chi connectivity index (χ1n) is 12.2. The van der Waals surface area contributed by atoms with Gasteiger partial charge < -0.3 is 4.74 Å². The number of halogens is 1.